The number of methoxy groups -OCH3 is 2. The normalized spacial score (nSPS) is 9.12. The summed E-state index contributed by atoms with van der Waals surface area (Å²) >= 11 is 3.13. The molecule has 176 valence electrons. The molecule has 0 aromatic rings. The SMILES string of the molecule is C.CC(C)(C)[O-].COC(=O)C(C)(C)Br.COC(=O)C(C)(C)C(C#N)C#N.N#CCC#N.[K+]. The number of nitrogens with zero attached hydrogens (tertiary/aromatic N) is 4. The number of alkyl halides is 1. The van der Waals surface area contributed by atoms with Crippen LogP contribution in [0.4, 0.5) is 0 Å². The Morgan fingerprint density at radius 1 is 0.875 bits per heavy atom. The van der Waals surface area contributed by atoms with Crippen LogP contribution in [0.25, 0.3) is 0 Å². The zero-order chi connectivity index (χ0) is 25.2. The van der Waals surface area contributed by atoms with Crippen LogP contribution in [-0.4, -0.2) is 36.1 Å². The van der Waals surface area contributed by atoms with Crippen LogP contribution in [0, 0.1) is 56.7 Å². The van der Waals surface area contributed by atoms with Crippen LogP contribution in [0.1, 0.15) is 62.3 Å². The van der Waals surface area contributed by atoms with Gasteiger partial charge in [0, 0.05) is 0 Å². The standard InChI is InChI=1S/C8H10N2O2.C5H9BrO2.C4H9O.C3H2N2.CH4.K/c1-8(2,7(11)12-3)6(4-9)5-10;1-5(2,6)4(7)8-3;1-4(2,3)5;4-2-1-3-5;;/h6H,1-3H3;1-3H3;1-3H3;1H2;1H4;/q;;-1;;;+1. The molecule has 0 fully saturated rings. The van der Waals surface area contributed by atoms with E-state index in [0.717, 1.165) is 0 Å². The number of hydrogen-bond acceptors (Lipinski definition) is 9. The minimum atomic E-state index is -1.06. The molecule has 0 radical (unpaired) electrons. The van der Waals surface area contributed by atoms with Gasteiger partial charge in [0.05, 0.1) is 43.9 Å². The van der Waals surface area contributed by atoms with Gasteiger partial charge in [0.2, 0.25) is 0 Å². The number of carbonyl (C=O) groups excluding carboxylic acids is 2. The van der Waals surface area contributed by atoms with Gasteiger partial charge in [-0.15, -0.1) is 5.60 Å². The summed E-state index contributed by atoms with van der Waals surface area (Å²) in [4.78, 5) is 21.6. The van der Waals surface area contributed by atoms with Crippen LogP contribution >= 0.6 is 15.9 Å². The molecule has 0 aliphatic rings. The van der Waals surface area contributed by atoms with Crippen molar-refractivity contribution in [3.63, 3.8) is 0 Å². The van der Waals surface area contributed by atoms with Gasteiger partial charge in [-0.25, -0.2) is 0 Å². The van der Waals surface area contributed by atoms with E-state index in [2.05, 4.69) is 25.4 Å². The molecule has 0 saturated carbocycles. The maximum atomic E-state index is 11.1. The molecule has 0 aliphatic heterocycles. The Morgan fingerprint density at radius 2 is 1.16 bits per heavy atom. The topological polar surface area (TPSA) is 171 Å². The molecule has 0 rings (SSSR count). The van der Waals surface area contributed by atoms with E-state index in [1.807, 2.05) is 0 Å². The Morgan fingerprint density at radius 3 is 1.25 bits per heavy atom. The molecule has 0 aliphatic carbocycles. The minimum Gasteiger partial charge on any atom is -0.850 e. The second-order valence-corrected chi connectivity index (χ2v) is 9.46. The number of esters is 2. The van der Waals surface area contributed by atoms with Gasteiger partial charge in [-0.2, -0.15) is 21.0 Å². The van der Waals surface area contributed by atoms with E-state index in [1.54, 1.807) is 58.9 Å². The number of ether oxygens (including phenoxy) is 2. The molecule has 0 atom stereocenters. The average molecular weight is 542 g/mol. The maximum Gasteiger partial charge on any atom is 1.00 e. The van der Waals surface area contributed by atoms with Crippen LogP contribution in [-0.2, 0) is 19.1 Å². The first kappa shape index (κ1) is 44.6. The van der Waals surface area contributed by atoms with E-state index in [-0.39, 0.29) is 71.2 Å². The maximum absolute atomic E-state index is 11.1. The second-order valence-electron chi connectivity index (χ2n) is 7.47. The van der Waals surface area contributed by atoms with Crippen molar-refractivity contribution in [3.05, 3.63) is 0 Å². The predicted octanol–water partition coefficient (Wildman–Crippen LogP) is 0.391. The number of rotatable bonds is 3. The van der Waals surface area contributed by atoms with Crippen LogP contribution in [0.5, 0.6) is 0 Å². The van der Waals surface area contributed by atoms with Crippen LogP contribution in [0.3, 0.4) is 0 Å². The number of carbonyl (C=O) groups is 2. The second kappa shape index (κ2) is 23.1. The number of nitriles is 4. The third-order valence-electron chi connectivity index (χ3n) is 2.52. The summed E-state index contributed by atoms with van der Waals surface area (Å²) in [6, 6.07) is 6.80. The fraction of sp³-hybridized carbons (Fsp3) is 0.714. The van der Waals surface area contributed by atoms with E-state index in [1.165, 1.54) is 28.1 Å². The first-order valence-electron chi connectivity index (χ1n) is 8.49. The monoisotopic (exact) mass is 540 g/mol. The molecule has 0 amide bonds. The van der Waals surface area contributed by atoms with Crippen LogP contribution < -0.4 is 56.5 Å². The van der Waals surface area contributed by atoms with Gasteiger partial charge in [0.1, 0.15) is 16.7 Å². The van der Waals surface area contributed by atoms with Gasteiger partial charge in [0.25, 0.3) is 0 Å². The zero-order valence-electron chi connectivity index (χ0n) is 20.0. The summed E-state index contributed by atoms with van der Waals surface area (Å²) in [6.07, 6.45) is 0. The quantitative estimate of drug-likeness (QED) is 0.278. The molecule has 9 nitrogen and oxygen atoms in total. The zero-order valence-corrected chi connectivity index (χ0v) is 24.7. The molecule has 0 N–H and O–H groups in total. The Bertz CT molecular complexity index is 656. The van der Waals surface area contributed by atoms with Crippen molar-refractivity contribution in [3.8, 4) is 24.3 Å². The molecule has 0 bridgehead atoms. The van der Waals surface area contributed by atoms with Crippen molar-refractivity contribution in [1.29, 1.82) is 21.0 Å². The van der Waals surface area contributed by atoms with Crippen LogP contribution in [0.2, 0.25) is 0 Å². The van der Waals surface area contributed by atoms with E-state index < -0.39 is 27.2 Å². The molecule has 0 spiro atoms. The summed E-state index contributed by atoms with van der Waals surface area (Å²) in [5.41, 5.74) is -1.81. The molecule has 0 saturated heterocycles. The molecular weight excluding hydrogens is 507 g/mol. The van der Waals surface area contributed by atoms with Crippen LogP contribution in [0.15, 0.2) is 0 Å². The third kappa shape index (κ3) is 31.2. The van der Waals surface area contributed by atoms with E-state index in [9.17, 15) is 14.7 Å². The van der Waals surface area contributed by atoms with Gasteiger partial charge in [-0.3, -0.25) is 9.59 Å². The first-order valence-corrected chi connectivity index (χ1v) is 9.29. The number of hydrogen-bond donors (Lipinski definition) is 0. The summed E-state index contributed by atoms with van der Waals surface area (Å²) in [5, 5.41) is 42.3. The fourth-order valence-electron chi connectivity index (χ4n) is 1.01. The van der Waals surface area contributed by atoms with Crippen molar-refractivity contribution >= 4 is 27.9 Å². The van der Waals surface area contributed by atoms with Gasteiger partial charge in [-0.1, -0.05) is 44.1 Å². The summed E-state index contributed by atoms with van der Waals surface area (Å²) in [6.45, 7) is 11.4. The smallest absolute Gasteiger partial charge is 0.850 e. The molecule has 0 aromatic carbocycles. The first-order chi connectivity index (χ1) is 13.4. The summed E-state index contributed by atoms with van der Waals surface area (Å²) in [7, 11) is 2.60. The molecular formula is C21H34BrKN4O5. The van der Waals surface area contributed by atoms with Gasteiger partial charge in [0.15, 0.2) is 0 Å². The molecule has 0 aromatic heterocycles. The van der Waals surface area contributed by atoms with Crippen molar-refractivity contribution in [2.24, 2.45) is 11.3 Å². The van der Waals surface area contributed by atoms with E-state index >= 15 is 0 Å². The molecule has 0 heterocycles. The summed E-state index contributed by atoms with van der Waals surface area (Å²) in [5.74, 6) is -1.77. The molecule has 0 unspecified atom stereocenters. The van der Waals surface area contributed by atoms with E-state index in [0.29, 0.717) is 0 Å². The predicted molar refractivity (Wildman–Crippen MR) is 118 cm³/mol. The molecule has 11 heteroatoms. The van der Waals surface area contributed by atoms with Gasteiger partial charge < -0.3 is 14.6 Å². The van der Waals surface area contributed by atoms with E-state index in [4.69, 9.17) is 21.0 Å². The van der Waals surface area contributed by atoms with Crippen molar-refractivity contribution in [2.45, 2.75) is 72.2 Å². The minimum absolute atomic E-state index is 0. The third-order valence-corrected chi connectivity index (χ3v) is 2.84. The summed E-state index contributed by atoms with van der Waals surface area (Å²) < 4.78 is 8.35. The van der Waals surface area contributed by atoms with Crippen molar-refractivity contribution in [2.75, 3.05) is 14.2 Å². The largest absolute Gasteiger partial charge is 1.00 e. The Kier molecular flexibility index (Phi) is 32.3. The fourth-order valence-corrected chi connectivity index (χ4v) is 1.17. The van der Waals surface area contributed by atoms with Gasteiger partial charge >= 0.3 is 63.3 Å². The van der Waals surface area contributed by atoms with Gasteiger partial charge in [-0.05, 0) is 27.7 Å². The Labute approximate surface area is 244 Å². The number of halogens is 1. The Balaban J connectivity index is -0.0000000740. The molecule has 32 heavy (non-hydrogen) atoms. The average Bonchev–Trinajstić information content (AvgIpc) is 2.60. The Hall–Kier alpha value is -1.02. The van der Waals surface area contributed by atoms with Crippen molar-refractivity contribution in [1.82, 2.24) is 0 Å². The van der Waals surface area contributed by atoms with Crippen molar-refractivity contribution < 1.29 is 75.6 Å².